The number of ether oxygens (including phenoxy) is 1. The molecule has 6 nitrogen and oxygen atoms in total. The summed E-state index contributed by atoms with van der Waals surface area (Å²) in [5, 5.41) is 3.59. The summed E-state index contributed by atoms with van der Waals surface area (Å²) >= 11 is 6.04. The van der Waals surface area contributed by atoms with E-state index in [9.17, 15) is 0 Å². The van der Waals surface area contributed by atoms with Crippen LogP contribution < -0.4 is 10.2 Å². The van der Waals surface area contributed by atoms with Gasteiger partial charge in [-0.3, -0.25) is 0 Å². The lowest BCUT2D eigenvalue weighted by Gasteiger charge is -2.35. The molecule has 1 saturated heterocycles. The molecule has 3 rings (SSSR count). The molecule has 2 heterocycles. The predicted molar refractivity (Wildman–Crippen MR) is 83.0 cm³/mol. The maximum Gasteiger partial charge on any atom is 0.231 e. The number of nitrogens with one attached hydrogen (secondary N) is 1. The van der Waals surface area contributed by atoms with Crippen LogP contribution in [0.25, 0.3) is 0 Å². The van der Waals surface area contributed by atoms with Crippen LogP contribution >= 0.6 is 11.6 Å². The number of anilines is 2. The van der Waals surface area contributed by atoms with E-state index in [1.807, 2.05) is 6.92 Å². The zero-order valence-electron chi connectivity index (χ0n) is 12.4. The summed E-state index contributed by atoms with van der Waals surface area (Å²) in [6.07, 6.45) is 6.01. The Morgan fingerprint density at radius 1 is 1.19 bits per heavy atom. The normalized spacial score (nSPS) is 25.5. The molecule has 21 heavy (non-hydrogen) atoms. The fourth-order valence-electron chi connectivity index (χ4n) is 2.88. The molecule has 0 aromatic carbocycles. The maximum atomic E-state index is 6.04. The summed E-state index contributed by atoms with van der Waals surface area (Å²) < 4.78 is 5.56. The van der Waals surface area contributed by atoms with Crippen molar-refractivity contribution in [1.29, 1.82) is 0 Å². The molecule has 0 radical (unpaired) electrons. The lowest BCUT2D eigenvalue weighted by Crippen LogP contribution is -2.41. The molecule has 7 heteroatoms. The molecular formula is C14H22ClN5O. The minimum Gasteiger partial charge on any atom is -0.378 e. The lowest BCUT2D eigenvalue weighted by molar-refractivity contribution is 0.00285. The van der Waals surface area contributed by atoms with E-state index >= 15 is 0 Å². The first-order valence-corrected chi connectivity index (χ1v) is 8.17. The van der Waals surface area contributed by atoms with E-state index in [4.69, 9.17) is 16.3 Å². The van der Waals surface area contributed by atoms with Gasteiger partial charge in [0, 0.05) is 25.7 Å². The van der Waals surface area contributed by atoms with Crippen molar-refractivity contribution in [1.82, 2.24) is 15.0 Å². The molecule has 0 bridgehead atoms. The van der Waals surface area contributed by atoms with Crippen LogP contribution in [0.15, 0.2) is 0 Å². The Kier molecular flexibility index (Phi) is 4.75. The molecule has 0 unspecified atom stereocenters. The van der Waals surface area contributed by atoms with Gasteiger partial charge >= 0.3 is 0 Å². The monoisotopic (exact) mass is 311 g/mol. The van der Waals surface area contributed by atoms with Gasteiger partial charge in [0.2, 0.25) is 17.2 Å². The Bertz CT molecular complexity index is 474. The highest BCUT2D eigenvalue weighted by Crippen LogP contribution is 2.26. The van der Waals surface area contributed by atoms with Gasteiger partial charge in [0.05, 0.1) is 6.10 Å². The van der Waals surface area contributed by atoms with Gasteiger partial charge in [-0.1, -0.05) is 0 Å². The van der Waals surface area contributed by atoms with Crippen LogP contribution in [-0.2, 0) is 4.74 Å². The molecule has 1 saturated carbocycles. The molecule has 1 aromatic rings. The van der Waals surface area contributed by atoms with Crippen LogP contribution in [0.2, 0.25) is 5.28 Å². The minimum absolute atomic E-state index is 0.258. The fraction of sp³-hybridized carbons (Fsp3) is 0.786. The summed E-state index contributed by atoms with van der Waals surface area (Å²) in [7, 11) is 0. The van der Waals surface area contributed by atoms with Gasteiger partial charge in [-0.2, -0.15) is 15.0 Å². The second-order valence-electron chi connectivity index (χ2n) is 5.67. The SMILES string of the molecule is CCOC1CC(Nc2nc(Cl)nc(N3CCCCC3)n2)C1. The van der Waals surface area contributed by atoms with E-state index in [0.29, 0.717) is 24.0 Å². The molecule has 0 spiro atoms. The quantitative estimate of drug-likeness (QED) is 0.901. The fourth-order valence-corrected chi connectivity index (χ4v) is 3.03. The Morgan fingerprint density at radius 3 is 2.67 bits per heavy atom. The smallest absolute Gasteiger partial charge is 0.231 e. The highest BCUT2D eigenvalue weighted by molar-refractivity contribution is 6.28. The molecule has 0 amide bonds. The summed E-state index contributed by atoms with van der Waals surface area (Å²) in [5.74, 6) is 1.27. The molecular weight excluding hydrogens is 290 g/mol. The van der Waals surface area contributed by atoms with Gasteiger partial charge in [-0.15, -0.1) is 0 Å². The largest absolute Gasteiger partial charge is 0.378 e. The van der Waals surface area contributed by atoms with Gasteiger partial charge < -0.3 is 15.0 Å². The third kappa shape index (κ3) is 3.74. The molecule has 1 aliphatic carbocycles. The Labute approximate surface area is 130 Å². The topological polar surface area (TPSA) is 63.2 Å². The predicted octanol–water partition coefficient (Wildman–Crippen LogP) is 2.49. The summed E-state index contributed by atoms with van der Waals surface area (Å²) in [6, 6.07) is 0.370. The van der Waals surface area contributed by atoms with Gasteiger partial charge in [0.1, 0.15) is 0 Å². The number of hydrogen-bond acceptors (Lipinski definition) is 6. The van der Waals surface area contributed by atoms with Crippen molar-refractivity contribution in [3.63, 3.8) is 0 Å². The Morgan fingerprint density at radius 2 is 1.95 bits per heavy atom. The first kappa shape index (κ1) is 14.8. The number of nitrogens with zero attached hydrogens (tertiary/aromatic N) is 4. The van der Waals surface area contributed by atoms with Crippen molar-refractivity contribution >= 4 is 23.5 Å². The standard InChI is InChI=1S/C14H22ClN5O/c1-2-21-11-8-10(9-11)16-13-17-12(15)18-14(19-13)20-6-4-3-5-7-20/h10-11H,2-9H2,1H3,(H,16,17,18,19). The lowest BCUT2D eigenvalue weighted by atomic mass is 9.89. The van der Waals surface area contributed by atoms with Crippen molar-refractivity contribution in [2.45, 2.75) is 51.2 Å². The maximum absolute atomic E-state index is 6.04. The third-order valence-electron chi connectivity index (χ3n) is 4.07. The first-order chi connectivity index (χ1) is 10.2. The van der Waals surface area contributed by atoms with Gasteiger partial charge in [0.15, 0.2) is 0 Å². The number of hydrogen-bond donors (Lipinski definition) is 1. The zero-order chi connectivity index (χ0) is 14.7. The average Bonchev–Trinajstić information content (AvgIpc) is 2.45. The molecule has 116 valence electrons. The molecule has 2 aliphatic rings. The number of halogens is 1. The second kappa shape index (κ2) is 6.75. The first-order valence-electron chi connectivity index (χ1n) is 7.79. The average molecular weight is 312 g/mol. The van der Waals surface area contributed by atoms with E-state index < -0.39 is 0 Å². The van der Waals surface area contributed by atoms with Crippen molar-refractivity contribution in [2.75, 3.05) is 29.9 Å². The Balaban J connectivity index is 1.61. The van der Waals surface area contributed by atoms with Crippen molar-refractivity contribution in [2.24, 2.45) is 0 Å². The van der Waals surface area contributed by atoms with Crippen LogP contribution in [-0.4, -0.2) is 46.8 Å². The number of rotatable bonds is 5. The van der Waals surface area contributed by atoms with Crippen LogP contribution in [0.1, 0.15) is 39.0 Å². The molecule has 1 N–H and O–H groups in total. The van der Waals surface area contributed by atoms with E-state index in [-0.39, 0.29) is 5.28 Å². The van der Waals surface area contributed by atoms with Crippen LogP contribution in [0.5, 0.6) is 0 Å². The van der Waals surface area contributed by atoms with E-state index in [2.05, 4.69) is 25.2 Å². The minimum atomic E-state index is 0.258. The van der Waals surface area contributed by atoms with Crippen molar-refractivity contribution < 1.29 is 4.74 Å². The summed E-state index contributed by atoms with van der Waals surface area (Å²) in [6.45, 7) is 4.79. The Hall–Kier alpha value is -1.14. The van der Waals surface area contributed by atoms with E-state index in [1.54, 1.807) is 0 Å². The highest BCUT2D eigenvalue weighted by Gasteiger charge is 2.30. The molecule has 2 fully saturated rings. The van der Waals surface area contributed by atoms with Gasteiger partial charge in [0.25, 0.3) is 0 Å². The number of aromatic nitrogens is 3. The van der Waals surface area contributed by atoms with Gasteiger partial charge in [-0.05, 0) is 50.6 Å². The molecule has 1 aromatic heterocycles. The summed E-state index contributed by atoms with van der Waals surface area (Å²) in [5.41, 5.74) is 0. The zero-order valence-corrected chi connectivity index (χ0v) is 13.1. The van der Waals surface area contributed by atoms with Crippen molar-refractivity contribution in [3.05, 3.63) is 5.28 Å². The van der Waals surface area contributed by atoms with E-state index in [1.165, 1.54) is 19.3 Å². The van der Waals surface area contributed by atoms with Gasteiger partial charge in [-0.25, -0.2) is 0 Å². The van der Waals surface area contributed by atoms with E-state index in [0.717, 1.165) is 32.5 Å². The van der Waals surface area contributed by atoms with Crippen LogP contribution in [0.3, 0.4) is 0 Å². The summed E-state index contributed by atoms with van der Waals surface area (Å²) in [4.78, 5) is 15.1. The van der Waals surface area contributed by atoms with Crippen LogP contribution in [0.4, 0.5) is 11.9 Å². The third-order valence-corrected chi connectivity index (χ3v) is 4.23. The molecule has 1 aliphatic heterocycles. The second-order valence-corrected chi connectivity index (χ2v) is 6.00. The van der Waals surface area contributed by atoms with Crippen molar-refractivity contribution in [3.8, 4) is 0 Å². The molecule has 0 atom stereocenters. The number of piperidine rings is 1. The van der Waals surface area contributed by atoms with Crippen LogP contribution in [0, 0.1) is 0 Å². The highest BCUT2D eigenvalue weighted by atomic mass is 35.5.